The molecule has 0 aliphatic rings. The molecule has 2 heterocycles. The van der Waals surface area contributed by atoms with E-state index in [1.165, 1.54) is 18.5 Å². The molecular weight excluding hydrogens is 353 g/mol. The summed E-state index contributed by atoms with van der Waals surface area (Å²) in [4.78, 5) is 8.66. The molecule has 0 aliphatic carbocycles. The Morgan fingerprint density at radius 3 is 2.69 bits per heavy atom. The number of nitrogens with zero attached hydrogens (tertiary/aromatic N) is 4. The maximum Gasteiger partial charge on any atom is 0.168 e. The summed E-state index contributed by atoms with van der Waals surface area (Å²) in [5.74, 6) is 0.417. The summed E-state index contributed by atoms with van der Waals surface area (Å²) in [6.45, 7) is 2.47. The largest absolute Gasteiger partial charge is 0.365 e. The summed E-state index contributed by atoms with van der Waals surface area (Å²) in [7, 11) is 0. The molecule has 0 radical (unpaired) electrons. The molecule has 0 unspecified atom stereocenters. The van der Waals surface area contributed by atoms with E-state index in [1.54, 1.807) is 23.0 Å². The van der Waals surface area contributed by atoms with E-state index in [1.807, 2.05) is 25.1 Å². The van der Waals surface area contributed by atoms with Crippen LogP contribution in [0.4, 0.5) is 10.2 Å². The minimum Gasteiger partial charge on any atom is -0.365 e. The second-order valence-corrected chi connectivity index (χ2v) is 6.34. The summed E-state index contributed by atoms with van der Waals surface area (Å²) in [6, 6.07) is 12.1. The Hall–Kier alpha value is -2.99. The van der Waals surface area contributed by atoms with Gasteiger partial charge < -0.3 is 5.32 Å². The Morgan fingerprint density at radius 2 is 1.92 bits per heavy atom. The van der Waals surface area contributed by atoms with Crippen LogP contribution in [0.3, 0.4) is 0 Å². The van der Waals surface area contributed by atoms with E-state index >= 15 is 0 Å². The third kappa shape index (κ3) is 3.11. The van der Waals surface area contributed by atoms with Crippen molar-refractivity contribution in [2.24, 2.45) is 0 Å². The predicted molar refractivity (Wildman–Crippen MR) is 100 cm³/mol. The number of halogens is 2. The number of aryl methyl sites for hydroxylation is 1. The van der Waals surface area contributed by atoms with E-state index in [2.05, 4.69) is 20.4 Å². The number of anilines is 1. The molecule has 0 atom stereocenters. The Kier molecular flexibility index (Phi) is 4.26. The van der Waals surface area contributed by atoms with E-state index < -0.39 is 0 Å². The number of rotatable bonds is 4. The van der Waals surface area contributed by atoms with Gasteiger partial charge in [-0.3, -0.25) is 0 Å². The fourth-order valence-corrected chi connectivity index (χ4v) is 2.85. The first-order valence-corrected chi connectivity index (χ1v) is 8.43. The third-order valence-electron chi connectivity index (χ3n) is 4.14. The Labute approximate surface area is 154 Å². The summed E-state index contributed by atoms with van der Waals surface area (Å²) in [5.41, 5.74) is 3.47. The Balaban J connectivity index is 1.66. The monoisotopic (exact) mass is 367 g/mol. The van der Waals surface area contributed by atoms with E-state index in [4.69, 9.17) is 11.6 Å². The van der Waals surface area contributed by atoms with Crippen LogP contribution in [0, 0.1) is 12.7 Å². The normalized spacial score (nSPS) is 11.0. The molecule has 0 amide bonds. The first-order chi connectivity index (χ1) is 12.6. The molecule has 4 aromatic rings. The molecule has 1 N–H and O–H groups in total. The van der Waals surface area contributed by atoms with Gasteiger partial charge in [0.15, 0.2) is 5.65 Å². The van der Waals surface area contributed by atoms with Gasteiger partial charge >= 0.3 is 0 Å². The van der Waals surface area contributed by atoms with E-state index in [0.29, 0.717) is 23.0 Å². The van der Waals surface area contributed by atoms with Gasteiger partial charge in [-0.05, 0) is 42.3 Å². The van der Waals surface area contributed by atoms with Crippen molar-refractivity contribution in [3.63, 3.8) is 0 Å². The number of nitrogens with one attached hydrogen (secondary N) is 1. The van der Waals surface area contributed by atoms with Gasteiger partial charge in [-0.2, -0.15) is 5.10 Å². The molecule has 4 rings (SSSR count). The highest BCUT2D eigenvalue weighted by Crippen LogP contribution is 2.24. The maximum absolute atomic E-state index is 13.0. The highest BCUT2D eigenvalue weighted by Gasteiger charge is 2.11. The molecule has 2 aromatic carbocycles. The number of hydrogen-bond donors (Lipinski definition) is 1. The summed E-state index contributed by atoms with van der Waals surface area (Å²) < 4.78 is 14.7. The van der Waals surface area contributed by atoms with Crippen molar-refractivity contribution in [1.29, 1.82) is 0 Å². The van der Waals surface area contributed by atoms with Crippen molar-refractivity contribution in [2.45, 2.75) is 13.5 Å². The zero-order valence-corrected chi connectivity index (χ0v) is 14.7. The van der Waals surface area contributed by atoms with Crippen LogP contribution in [0.5, 0.6) is 0 Å². The molecule has 0 aliphatic heterocycles. The molecule has 7 heteroatoms. The number of fused-ring (bicyclic) bond motifs is 1. The molecular formula is C19H15ClFN5. The third-order valence-corrected chi connectivity index (χ3v) is 4.55. The molecule has 0 saturated heterocycles. The molecule has 0 saturated carbocycles. The van der Waals surface area contributed by atoms with Crippen molar-refractivity contribution in [3.05, 3.63) is 77.0 Å². The van der Waals surface area contributed by atoms with Gasteiger partial charge in [0.1, 0.15) is 18.0 Å². The minimum absolute atomic E-state index is 0.254. The van der Waals surface area contributed by atoms with Crippen LogP contribution in [-0.2, 0) is 6.54 Å². The molecule has 0 bridgehead atoms. The van der Waals surface area contributed by atoms with Crippen molar-refractivity contribution in [1.82, 2.24) is 19.7 Å². The van der Waals surface area contributed by atoms with Crippen molar-refractivity contribution in [2.75, 3.05) is 5.32 Å². The lowest BCUT2D eigenvalue weighted by atomic mass is 10.2. The lowest BCUT2D eigenvalue weighted by molar-refractivity contribution is 0.627. The topological polar surface area (TPSA) is 55.6 Å². The number of aromatic nitrogens is 4. The Morgan fingerprint density at radius 1 is 1.12 bits per heavy atom. The van der Waals surface area contributed by atoms with Crippen molar-refractivity contribution in [3.8, 4) is 5.69 Å². The van der Waals surface area contributed by atoms with E-state index in [0.717, 1.165) is 22.2 Å². The molecule has 130 valence electrons. The van der Waals surface area contributed by atoms with Gasteiger partial charge in [-0.25, -0.2) is 19.0 Å². The highest BCUT2D eigenvalue weighted by atomic mass is 35.5. The molecule has 0 spiro atoms. The number of benzene rings is 2. The van der Waals surface area contributed by atoms with Crippen LogP contribution in [-0.4, -0.2) is 19.7 Å². The number of hydrogen-bond acceptors (Lipinski definition) is 4. The zero-order valence-electron chi connectivity index (χ0n) is 13.9. The lowest BCUT2D eigenvalue weighted by Gasteiger charge is -2.08. The second kappa shape index (κ2) is 6.72. The second-order valence-electron chi connectivity index (χ2n) is 5.93. The van der Waals surface area contributed by atoms with Gasteiger partial charge in [0.05, 0.1) is 17.3 Å². The highest BCUT2D eigenvalue weighted by molar-refractivity contribution is 6.31. The zero-order chi connectivity index (χ0) is 18.1. The predicted octanol–water partition coefficient (Wildman–Crippen LogP) is 4.53. The average molecular weight is 368 g/mol. The molecule has 5 nitrogen and oxygen atoms in total. The van der Waals surface area contributed by atoms with Gasteiger partial charge in [0.25, 0.3) is 0 Å². The lowest BCUT2D eigenvalue weighted by Crippen LogP contribution is -2.03. The molecule has 26 heavy (non-hydrogen) atoms. The first-order valence-electron chi connectivity index (χ1n) is 8.05. The fourth-order valence-electron chi connectivity index (χ4n) is 2.68. The van der Waals surface area contributed by atoms with Crippen LogP contribution in [0.1, 0.15) is 11.1 Å². The van der Waals surface area contributed by atoms with Gasteiger partial charge in [-0.15, -0.1) is 0 Å². The Bertz CT molecular complexity index is 1080. The van der Waals surface area contributed by atoms with Gasteiger partial charge in [0, 0.05) is 11.6 Å². The van der Waals surface area contributed by atoms with E-state index in [-0.39, 0.29) is 5.82 Å². The standard InChI is InChI=1S/C19H15ClFN5/c1-12-2-7-15(8-17(12)20)26-19-16(10-25-26)18(23-11-24-19)22-9-13-3-5-14(21)6-4-13/h2-8,10-11H,9H2,1H3,(H,22,23,24). The molecule has 0 fully saturated rings. The molecule has 2 aromatic heterocycles. The SMILES string of the molecule is Cc1ccc(-n2ncc3c(NCc4ccc(F)cc4)ncnc32)cc1Cl. The van der Waals surface area contributed by atoms with Crippen LogP contribution in [0.15, 0.2) is 55.0 Å². The summed E-state index contributed by atoms with van der Waals surface area (Å²) in [6.07, 6.45) is 3.21. The quantitative estimate of drug-likeness (QED) is 0.575. The summed E-state index contributed by atoms with van der Waals surface area (Å²) >= 11 is 6.23. The smallest absolute Gasteiger partial charge is 0.168 e. The maximum atomic E-state index is 13.0. The van der Waals surface area contributed by atoms with Crippen LogP contribution >= 0.6 is 11.6 Å². The van der Waals surface area contributed by atoms with Gasteiger partial charge in [-0.1, -0.05) is 29.8 Å². The van der Waals surface area contributed by atoms with Crippen molar-refractivity contribution < 1.29 is 4.39 Å². The van der Waals surface area contributed by atoms with Crippen LogP contribution in [0.25, 0.3) is 16.7 Å². The van der Waals surface area contributed by atoms with E-state index in [9.17, 15) is 4.39 Å². The van der Waals surface area contributed by atoms with Crippen molar-refractivity contribution >= 4 is 28.5 Å². The van der Waals surface area contributed by atoms with Crippen LogP contribution in [0.2, 0.25) is 5.02 Å². The first kappa shape index (κ1) is 16.5. The van der Waals surface area contributed by atoms with Gasteiger partial charge in [0.2, 0.25) is 0 Å². The summed E-state index contributed by atoms with van der Waals surface area (Å²) in [5, 5.41) is 9.16. The fraction of sp³-hybridized carbons (Fsp3) is 0.105. The van der Waals surface area contributed by atoms with Crippen LogP contribution < -0.4 is 5.32 Å². The average Bonchev–Trinajstić information content (AvgIpc) is 3.08. The minimum atomic E-state index is -0.254.